The van der Waals surface area contributed by atoms with E-state index in [0.29, 0.717) is 17.0 Å². The largest absolute Gasteiger partial charge is 0.329 e. The van der Waals surface area contributed by atoms with Gasteiger partial charge in [-0.05, 0) is 37.3 Å². The van der Waals surface area contributed by atoms with Crippen LogP contribution in [0.3, 0.4) is 0 Å². The predicted molar refractivity (Wildman–Crippen MR) is 121 cm³/mol. The first-order valence-corrected chi connectivity index (χ1v) is 10.1. The molecule has 0 spiro atoms. The summed E-state index contributed by atoms with van der Waals surface area (Å²) in [6.07, 6.45) is 5.06. The summed E-state index contributed by atoms with van der Waals surface area (Å²) >= 11 is 0. The molecule has 8 nitrogen and oxygen atoms in total. The number of hydrogen-bond acceptors (Lipinski definition) is 5. The van der Waals surface area contributed by atoms with E-state index in [1.807, 2.05) is 73.7 Å². The number of fused-ring (bicyclic) bond motifs is 1. The minimum Gasteiger partial charge on any atom is -0.329 e. The van der Waals surface area contributed by atoms with Crippen molar-refractivity contribution >= 4 is 17.6 Å². The molecule has 156 valence electrons. The van der Waals surface area contributed by atoms with Gasteiger partial charge in [-0.15, -0.1) is 15.3 Å². The molecule has 2 aromatic carbocycles. The van der Waals surface area contributed by atoms with Crippen LogP contribution in [0.25, 0.3) is 28.8 Å². The van der Waals surface area contributed by atoms with Gasteiger partial charge in [0.1, 0.15) is 6.33 Å². The molecule has 0 radical (unpaired) electrons. The lowest BCUT2D eigenvalue weighted by Gasteiger charge is -2.08. The van der Waals surface area contributed by atoms with Gasteiger partial charge in [0, 0.05) is 22.9 Å². The highest BCUT2D eigenvalue weighted by Crippen LogP contribution is 2.29. The van der Waals surface area contributed by atoms with E-state index < -0.39 is 0 Å². The number of nitrogens with zero attached hydrogens (tertiary/aromatic N) is 6. The summed E-state index contributed by atoms with van der Waals surface area (Å²) < 4.78 is 3.40. The molecule has 0 bridgehead atoms. The fraction of sp³-hybridized carbons (Fsp3) is 0.0417. The van der Waals surface area contributed by atoms with Crippen molar-refractivity contribution in [2.45, 2.75) is 6.92 Å². The molecule has 8 heteroatoms. The molecule has 0 aliphatic carbocycles. The van der Waals surface area contributed by atoms with Crippen LogP contribution >= 0.6 is 0 Å². The lowest BCUT2D eigenvalue weighted by Crippen LogP contribution is -2.16. The Balaban J connectivity index is 1.56. The normalized spacial score (nSPS) is 11.3. The summed E-state index contributed by atoms with van der Waals surface area (Å²) in [6, 6.07) is 22.7. The summed E-state index contributed by atoms with van der Waals surface area (Å²) in [6.45, 7) is 1.93. The van der Waals surface area contributed by atoms with E-state index in [4.69, 9.17) is 5.10 Å². The van der Waals surface area contributed by atoms with E-state index in [0.717, 1.165) is 22.5 Å². The number of carbonyl (C=O) groups excluding carboxylic acids is 1. The van der Waals surface area contributed by atoms with Crippen molar-refractivity contribution in [3.8, 4) is 17.1 Å². The number of nitrogens with one attached hydrogen (secondary N) is 1. The minimum atomic E-state index is -0.173. The number of rotatable bonds is 5. The van der Waals surface area contributed by atoms with Crippen molar-refractivity contribution < 1.29 is 4.79 Å². The van der Waals surface area contributed by atoms with Crippen LogP contribution in [0.2, 0.25) is 0 Å². The van der Waals surface area contributed by atoms with Crippen molar-refractivity contribution in [3.05, 3.63) is 102 Å². The van der Waals surface area contributed by atoms with E-state index in [2.05, 4.69) is 20.6 Å². The molecule has 1 amide bonds. The van der Waals surface area contributed by atoms with Gasteiger partial charge in [0.05, 0.1) is 11.4 Å². The summed E-state index contributed by atoms with van der Waals surface area (Å²) in [7, 11) is 0. The van der Waals surface area contributed by atoms with E-state index in [1.165, 1.54) is 0 Å². The Morgan fingerprint density at radius 2 is 1.69 bits per heavy atom. The molecule has 0 saturated heterocycles. The highest BCUT2D eigenvalue weighted by atomic mass is 16.1. The lowest BCUT2D eigenvalue weighted by molar-refractivity contribution is 0.0970. The lowest BCUT2D eigenvalue weighted by atomic mass is 10.1. The summed E-state index contributed by atoms with van der Waals surface area (Å²) in [5, 5.41) is 20.1. The van der Waals surface area contributed by atoms with E-state index in [-0.39, 0.29) is 5.91 Å². The molecule has 5 aromatic rings. The number of benzene rings is 2. The van der Waals surface area contributed by atoms with Crippen LogP contribution in [0.1, 0.15) is 21.6 Å². The molecule has 1 N–H and O–H groups in total. The second kappa shape index (κ2) is 8.27. The Bertz CT molecular complexity index is 1420. The van der Waals surface area contributed by atoms with Gasteiger partial charge in [-0.1, -0.05) is 48.5 Å². The maximum atomic E-state index is 12.4. The van der Waals surface area contributed by atoms with Gasteiger partial charge in [0.2, 0.25) is 0 Å². The van der Waals surface area contributed by atoms with Gasteiger partial charge in [-0.25, -0.2) is 4.68 Å². The Morgan fingerprint density at radius 1 is 0.938 bits per heavy atom. The zero-order valence-electron chi connectivity index (χ0n) is 17.3. The molecule has 0 atom stereocenters. The molecule has 0 unspecified atom stereocenters. The molecule has 3 aromatic heterocycles. The van der Waals surface area contributed by atoms with Crippen molar-refractivity contribution in [2.75, 3.05) is 0 Å². The molecule has 0 fully saturated rings. The molecule has 3 heterocycles. The van der Waals surface area contributed by atoms with Crippen LogP contribution in [-0.2, 0) is 0 Å². The van der Waals surface area contributed by atoms with Crippen LogP contribution in [0, 0.1) is 6.92 Å². The fourth-order valence-corrected chi connectivity index (χ4v) is 3.48. The molecular weight excluding hydrogens is 402 g/mol. The van der Waals surface area contributed by atoms with Crippen molar-refractivity contribution in [2.24, 2.45) is 0 Å². The molecule has 0 aliphatic rings. The van der Waals surface area contributed by atoms with Crippen LogP contribution in [0.5, 0.6) is 0 Å². The van der Waals surface area contributed by atoms with Crippen molar-refractivity contribution in [1.82, 2.24) is 34.9 Å². The van der Waals surface area contributed by atoms with E-state index in [9.17, 15) is 4.79 Å². The monoisotopic (exact) mass is 421 g/mol. The second-order valence-corrected chi connectivity index (χ2v) is 7.12. The zero-order chi connectivity index (χ0) is 21.9. The Hall–Kier alpha value is -4.59. The maximum absolute atomic E-state index is 12.4. The molecule has 32 heavy (non-hydrogen) atoms. The number of aryl methyl sites for hydroxylation is 1. The Morgan fingerprint density at radius 3 is 2.47 bits per heavy atom. The van der Waals surface area contributed by atoms with Gasteiger partial charge in [0.15, 0.2) is 11.5 Å². The number of hydrogen-bond donors (Lipinski definition) is 1. The molecular formula is C24H19N7O. The van der Waals surface area contributed by atoms with Gasteiger partial charge >= 0.3 is 0 Å². The molecule has 0 saturated carbocycles. The third-order valence-corrected chi connectivity index (χ3v) is 5.02. The first-order valence-electron chi connectivity index (χ1n) is 10.1. The first-order chi connectivity index (χ1) is 15.7. The highest BCUT2D eigenvalue weighted by Gasteiger charge is 2.18. The van der Waals surface area contributed by atoms with Gasteiger partial charge in [-0.3, -0.25) is 4.79 Å². The standard InChI is InChI=1S/C24H19N7O/c1-17-20(14-15-25-24(32)19-10-6-3-7-11-19)23(18-8-4-2-5-9-18)31(28-17)22-13-12-21-27-26-16-30(21)29-22/h2-16H,1H3,(H,25,32)/b15-14-. The van der Waals surface area contributed by atoms with Crippen LogP contribution in [0.15, 0.2) is 85.3 Å². The topological polar surface area (TPSA) is 90.0 Å². The number of aromatic nitrogens is 6. The van der Waals surface area contributed by atoms with E-state index >= 15 is 0 Å². The quantitative estimate of drug-likeness (QED) is 0.467. The van der Waals surface area contributed by atoms with Gasteiger partial charge in [-0.2, -0.15) is 9.61 Å². The van der Waals surface area contributed by atoms with E-state index in [1.54, 1.807) is 33.9 Å². The smallest absolute Gasteiger partial charge is 0.255 e. The van der Waals surface area contributed by atoms with Crippen LogP contribution in [-0.4, -0.2) is 35.5 Å². The fourth-order valence-electron chi connectivity index (χ4n) is 3.48. The maximum Gasteiger partial charge on any atom is 0.255 e. The third-order valence-electron chi connectivity index (χ3n) is 5.02. The summed E-state index contributed by atoms with van der Waals surface area (Å²) in [5.41, 5.74) is 4.79. The SMILES string of the molecule is Cc1nn(-c2ccc3nncn3n2)c(-c2ccccc2)c1/C=C\NC(=O)c1ccccc1. The molecule has 5 rings (SSSR count). The minimum absolute atomic E-state index is 0.173. The van der Waals surface area contributed by atoms with Crippen LogP contribution in [0.4, 0.5) is 0 Å². The Kier molecular flexibility index (Phi) is 5.01. The number of carbonyl (C=O) groups is 1. The molecule has 0 aliphatic heterocycles. The van der Waals surface area contributed by atoms with Crippen LogP contribution < -0.4 is 5.32 Å². The van der Waals surface area contributed by atoms with Crippen molar-refractivity contribution in [3.63, 3.8) is 0 Å². The summed E-state index contributed by atoms with van der Waals surface area (Å²) in [5.74, 6) is 0.458. The predicted octanol–water partition coefficient (Wildman–Crippen LogP) is 3.69. The zero-order valence-corrected chi connectivity index (χ0v) is 17.3. The highest BCUT2D eigenvalue weighted by molar-refractivity contribution is 5.95. The Labute approximate surface area is 183 Å². The van der Waals surface area contributed by atoms with Gasteiger partial charge < -0.3 is 5.32 Å². The third kappa shape index (κ3) is 3.65. The van der Waals surface area contributed by atoms with Gasteiger partial charge in [0.25, 0.3) is 5.91 Å². The second-order valence-electron chi connectivity index (χ2n) is 7.12. The average Bonchev–Trinajstić information content (AvgIpc) is 3.44. The number of amides is 1. The average molecular weight is 421 g/mol. The summed E-state index contributed by atoms with van der Waals surface area (Å²) in [4.78, 5) is 12.4. The van der Waals surface area contributed by atoms with Crippen molar-refractivity contribution in [1.29, 1.82) is 0 Å². The first kappa shape index (κ1) is 19.4.